The predicted octanol–water partition coefficient (Wildman–Crippen LogP) is 1.48. The number of carbonyl (C=O) groups is 2. The molecule has 1 heterocycles. The first-order chi connectivity index (χ1) is 10.1. The van der Waals surface area contributed by atoms with E-state index in [2.05, 4.69) is 9.89 Å². The van der Waals surface area contributed by atoms with Crippen molar-refractivity contribution in [1.82, 2.24) is 0 Å². The van der Waals surface area contributed by atoms with Crippen molar-refractivity contribution in [2.45, 2.75) is 26.1 Å². The zero-order valence-electron chi connectivity index (χ0n) is 11.8. The van der Waals surface area contributed by atoms with Crippen LogP contribution in [0.4, 0.5) is 0 Å². The molecule has 1 aliphatic rings. The highest BCUT2D eigenvalue weighted by Crippen LogP contribution is 2.12. The van der Waals surface area contributed by atoms with Gasteiger partial charge in [0.1, 0.15) is 0 Å². The molecule has 1 aromatic carbocycles. The predicted molar refractivity (Wildman–Crippen MR) is 74.7 cm³/mol. The quantitative estimate of drug-likeness (QED) is 0.711. The number of ketones is 1. The molecule has 0 fully saturated rings. The number of hydrogen-bond donors (Lipinski definition) is 0. The highest BCUT2D eigenvalue weighted by atomic mass is 16.6. The number of Topliss-reactive ketones (excluding diaryl/α,β-unsaturated/α-hetero) is 1. The van der Waals surface area contributed by atoms with Crippen LogP contribution in [-0.2, 0) is 30.5 Å². The molecule has 112 valence electrons. The Bertz CT molecular complexity index is 526. The molecule has 1 aromatic rings. The molecule has 0 aromatic heterocycles. The highest BCUT2D eigenvalue weighted by molar-refractivity contribution is 5.95. The number of ether oxygens (including phenoxy) is 2. The maximum absolute atomic E-state index is 11.7. The maximum Gasteiger partial charge on any atom is 0.303 e. The van der Waals surface area contributed by atoms with Crippen molar-refractivity contribution in [3.63, 3.8) is 0 Å². The number of nitrogens with zero attached hydrogens (tertiary/aromatic N) is 1. The number of carbonyl (C=O) groups excluding carboxylic acids is 2. The first-order valence-corrected chi connectivity index (χ1v) is 6.64. The third-order valence-electron chi connectivity index (χ3n) is 2.89. The zero-order chi connectivity index (χ0) is 15.1. The van der Waals surface area contributed by atoms with E-state index in [0.717, 1.165) is 5.56 Å². The van der Waals surface area contributed by atoms with Gasteiger partial charge in [0.2, 0.25) is 5.78 Å². The van der Waals surface area contributed by atoms with Gasteiger partial charge in [0.15, 0.2) is 12.7 Å². The van der Waals surface area contributed by atoms with Crippen LogP contribution in [-0.4, -0.2) is 36.8 Å². The summed E-state index contributed by atoms with van der Waals surface area (Å²) in [5.41, 5.74) is 1.74. The molecule has 0 spiro atoms. The monoisotopic (exact) mass is 291 g/mol. The standard InChI is InChI=1S/C15H17NO5/c1-11(17)20-10-14(18)15-7-13(16-21-15)9-19-8-12-5-3-2-4-6-12/h2-6,15H,7-10H2,1H3/t15-/m1/s1. The molecule has 0 saturated carbocycles. The molecule has 0 amide bonds. The molecule has 0 radical (unpaired) electrons. The van der Waals surface area contributed by atoms with Gasteiger partial charge in [-0.05, 0) is 5.56 Å². The van der Waals surface area contributed by atoms with Crippen molar-refractivity contribution >= 4 is 17.5 Å². The van der Waals surface area contributed by atoms with Crippen molar-refractivity contribution in [3.8, 4) is 0 Å². The lowest BCUT2D eigenvalue weighted by Crippen LogP contribution is -2.26. The fourth-order valence-electron chi connectivity index (χ4n) is 1.81. The minimum absolute atomic E-state index is 0.284. The van der Waals surface area contributed by atoms with Crippen LogP contribution < -0.4 is 0 Å². The molecule has 2 rings (SSSR count). The Morgan fingerprint density at radius 1 is 1.29 bits per heavy atom. The molecule has 1 atom stereocenters. The van der Waals surface area contributed by atoms with Gasteiger partial charge in [-0.1, -0.05) is 35.5 Å². The summed E-state index contributed by atoms with van der Waals surface area (Å²) in [5.74, 6) is -0.791. The molecule has 21 heavy (non-hydrogen) atoms. The van der Waals surface area contributed by atoms with E-state index in [1.165, 1.54) is 6.92 Å². The number of hydrogen-bond acceptors (Lipinski definition) is 6. The molecular weight excluding hydrogens is 274 g/mol. The number of esters is 1. The summed E-state index contributed by atoms with van der Waals surface area (Å²) >= 11 is 0. The van der Waals surface area contributed by atoms with Crippen LogP contribution in [0, 0.1) is 0 Å². The van der Waals surface area contributed by atoms with Crippen molar-refractivity contribution in [2.75, 3.05) is 13.2 Å². The smallest absolute Gasteiger partial charge is 0.303 e. The first kappa shape index (κ1) is 15.2. The summed E-state index contributed by atoms with van der Waals surface area (Å²) in [6.07, 6.45) is -0.311. The van der Waals surface area contributed by atoms with Crippen molar-refractivity contribution in [1.29, 1.82) is 0 Å². The molecule has 0 aliphatic carbocycles. The van der Waals surface area contributed by atoms with E-state index < -0.39 is 12.1 Å². The Morgan fingerprint density at radius 2 is 2.05 bits per heavy atom. The molecule has 1 aliphatic heterocycles. The second-order valence-electron chi connectivity index (χ2n) is 4.68. The van der Waals surface area contributed by atoms with Gasteiger partial charge in [0.05, 0.1) is 18.9 Å². The SMILES string of the molecule is CC(=O)OCC(=O)[C@H]1CC(COCc2ccccc2)=NO1. The van der Waals surface area contributed by atoms with Crippen LogP contribution in [0.15, 0.2) is 35.5 Å². The largest absolute Gasteiger partial charge is 0.458 e. The number of rotatable bonds is 7. The first-order valence-electron chi connectivity index (χ1n) is 6.64. The van der Waals surface area contributed by atoms with E-state index in [9.17, 15) is 9.59 Å². The fourth-order valence-corrected chi connectivity index (χ4v) is 1.81. The number of benzene rings is 1. The van der Waals surface area contributed by atoms with Crippen LogP contribution in [0.25, 0.3) is 0 Å². The van der Waals surface area contributed by atoms with E-state index in [1.807, 2.05) is 30.3 Å². The third kappa shape index (κ3) is 5.00. The van der Waals surface area contributed by atoms with E-state index in [0.29, 0.717) is 25.3 Å². The lowest BCUT2D eigenvalue weighted by molar-refractivity contribution is -0.148. The van der Waals surface area contributed by atoms with Gasteiger partial charge in [-0.15, -0.1) is 0 Å². The Hall–Kier alpha value is -2.21. The van der Waals surface area contributed by atoms with Gasteiger partial charge in [0.25, 0.3) is 0 Å². The Labute approximate surface area is 122 Å². The average molecular weight is 291 g/mol. The second kappa shape index (κ2) is 7.54. The molecule has 0 saturated heterocycles. The minimum atomic E-state index is -0.681. The molecular formula is C15H17NO5. The van der Waals surface area contributed by atoms with Gasteiger partial charge in [-0.3, -0.25) is 9.59 Å². The minimum Gasteiger partial charge on any atom is -0.458 e. The van der Waals surface area contributed by atoms with Crippen molar-refractivity contribution < 1.29 is 23.9 Å². The van der Waals surface area contributed by atoms with Gasteiger partial charge < -0.3 is 14.3 Å². The summed E-state index contributed by atoms with van der Waals surface area (Å²) in [6, 6.07) is 9.77. The van der Waals surface area contributed by atoms with E-state index in [-0.39, 0.29) is 12.4 Å². The molecule has 0 N–H and O–H groups in total. The Kier molecular flexibility index (Phi) is 5.45. The topological polar surface area (TPSA) is 74.2 Å². The lowest BCUT2D eigenvalue weighted by atomic mass is 10.1. The Morgan fingerprint density at radius 3 is 2.76 bits per heavy atom. The van der Waals surface area contributed by atoms with Gasteiger partial charge >= 0.3 is 5.97 Å². The summed E-state index contributed by atoms with van der Waals surface area (Å²) < 4.78 is 10.2. The van der Waals surface area contributed by atoms with Gasteiger partial charge in [-0.2, -0.15) is 0 Å². The summed E-state index contributed by atoms with van der Waals surface area (Å²) in [4.78, 5) is 27.3. The van der Waals surface area contributed by atoms with Crippen LogP contribution in [0.3, 0.4) is 0 Å². The van der Waals surface area contributed by atoms with E-state index >= 15 is 0 Å². The van der Waals surface area contributed by atoms with Crippen LogP contribution in [0.2, 0.25) is 0 Å². The fraction of sp³-hybridized carbons (Fsp3) is 0.400. The summed E-state index contributed by atoms with van der Waals surface area (Å²) in [6.45, 7) is 1.76. The summed E-state index contributed by atoms with van der Waals surface area (Å²) in [5, 5.41) is 3.83. The second-order valence-corrected chi connectivity index (χ2v) is 4.68. The van der Waals surface area contributed by atoms with Crippen LogP contribution in [0.5, 0.6) is 0 Å². The Balaban J connectivity index is 1.68. The highest BCUT2D eigenvalue weighted by Gasteiger charge is 2.28. The van der Waals surface area contributed by atoms with Gasteiger partial charge in [-0.25, -0.2) is 0 Å². The molecule has 0 unspecified atom stereocenters. The van der Waals surface area contributed by atoms with E-state index in [1.54, 1.807) is 0 Å². The van der Waals surface area contributed by atoms with E-state index in [4.69, 9.17) is 9.57 Å². The average Bonchev–Trinajstić information content (AvgIpc) is 2.95. The zero-order valence-corrected chi connectivity index (χ0v) is 11.8. The summed E-state index contributed by atoms with van der Waals surface area (Å²) in [7, 11) is 0. The maximum atomic E-state index is 11.7. The molecule has 6 nitrogen and oxygen atoms in total. The van der Waals surface area contributed by atoms with Gasteiger partial charge in [0, 0.05) is 13.3 Å². The number of oxime groups is 1. The lowest BCUT2D eigenvalue weighted by Gasteiger charge is -2.06. The van der Waals surface area contributed by atoms with Crippen LogP contribution >= 0.6 is 0 Å². The third-order valence-corrected chi connectivity index (χ3v) is 2.89. The van der Waals surface area contributed by atoms with Crippen LogP contribution in [0.1, 0.15) is 18.9 Å². The molecule has 0 bridgehead atoms. The van der Waals surface area contributed by atoms with Crippen molar-refractivity contribution in [2.24, 2.45) is 5.16 Å². The molecule has 6 heteroatoms. The normalized spacial score (nSPS) is 17.0. The van der Waals surface area contributed by atoms with Crippen molar-refractivity contribution in [3.05, 3.63) is 35.9 Å².